The summed E-state index contributed by atoms with van der Waals surface area (Å²) >= 11 is 0. The number of nitrogens with one attached hydrogen (secondary N) is 1. The predicted octanol–water partition coefficient (Wildman–Crippen LogP) is 2.35. The van der Waals surface area contributed by atoms with E-state index in [2.05, 4.69) is 11.6 Å². The first-order valence-corrected chi connectivity index (χ1v) is 8.55. The Morgan fingerprint density at radius 1 is 1.30 bits per heavy atom. The Morgan fingerprint density at radius 3 is 2.55 bits per heavy atom. The third-order valence-electron chi connectivity index (χ3n) is 4.36. The van der Waals surface area contributed by atoms with Gasteiger partial charge in [-0.05, 0) is 42.4 Å². The molecule has 0 spiro atoms. The summed E-state index contributed by atoms with van der Waals surface area (Å²) in [6, 6.07) is 5.00. The van der Waals surface area contributed by atoms with Gasteiger partial charge in [0, 0.05) is 6.54 Å². The number of sulfonamides is 1. The van der Waals surface area contributed by atoms with Gasteiger partial charge >= 0.3 is 0 Å². The summed E-state index contributed by atoms with van der Waals surface area (Å²) in [5, 5.41) is 9.24. The van der Waals surface area contributed by atoms with Crippen molar-refractivity contribution in [1.29, 1.82) is 0 Å². The van der Waals surface area contributed by atoms with Crippen LogP contribution in [0.2, 0.25) is 0 Å². The predicted molar refractivity (Wildman–Crippen MR) is 78.9 cm³/mol. The van der Waals surface area contributed by atoms with Gasteiger partial charge in [-0.2, -0.15) is 0 Å². The number of hydrogen-bond acceptors (Lipinski definition) is 3. The maximum atomic E-state index is 12.4. The number of benzene rings is 1. The Labute approximate surface area is 121 Å². The molecule has 1 saturated carbocycles. The van der Waals surface area contributed by atoms with Gasteiger partial charge in [0.2, 0.25) is 10.0 Å². The maximum absolute atomic E-state index is 12.4. The fraction of sp³-hybridized carbons (Fsp3) is 0.600. The summed E-state index contributed by atoms with van der Waals surface area (Å²) in [6.45, 7) is 4.21. The lowest BCUT2D eigenvalue weighted by Gasteiger charge is -2.24. The molecule has 1 aromatic carbocycles. The number of aliphatic hydroxyl groups is 1. The van der Waals surface area contributed by atoms with Crippen LogP contribution in [0.3, 0.4) is 0 Å². The van der Waals surface area contributed by atoms with E-state index in [0.29, 0.717) is 17.7 Å². The lowest BCUT2D eigenvalue weighted by atomic mass is 9.89. The van der Waals surface area contributed by atoms with Crippen LogP contribution in [0.1, 0.15) is 43.7 Å². The van der Waals surface area contributed by atoms with Crippen molar-refractivity contribution in [3.63, 3.8) is 0 Å². The molecule has 1 aliphatic carbocycles. The van der Waals surface area contributed by atoms with E-state index in [-0.39, 0.29) is 16.9 Å². The second-order valence-electron chi connectivity index (χ2n) is 6.04. The second kappa shape index (κ2) is 5.84. The van der Waals surface area contributed by atoms with Crippen molar-refractivity contribution in [2.45, 2.75) is 51.0 Å². The number of aliphatic hydroxyl groups excluding tert-OH is 1. The molecular weight excluding hydrogens is 274 g/mol. The van der Waals surface area contributed by atoms with Crippen molar-refractivity contribution in [1.82, 2.24) is 4.72 Å². The molecule has 0 saturated heterocycles. The number of hydrogen-bond donors (Lipinski definition) is 2. The average molecular weight is 297 g/mol. The minimum Gasteiger partial charge on any atom is -0.392 e. The molecule has 0 radical (unpaired) electrons. The van der Waals surface area contributed by atoms with Gasteiger partial charge in [-0.3, -0.25) is 0 Å². The summed E-state index contributed by atoms with van der Waals surface area (Å²) in [4.78, 5) is 0.269. The zero-order valence-electron chi connectivity index (χ0n) is 12.1. The Morgan fingerprint density at radius 2 is 1.95 bits per heavy atom. The maximum Gasteiger partial charge on any atom is 0.240 e. The molecule has 0 heterocycles. The normalized spacial score (nSPS) is 18.4. The van der Waals surface area contributed by atoms with E-state index < -0.39 is 10.0 Å². The van der Waals surface area contributed by atoms with Crippen LogP contribution >= 0.6 is 0 Å². The van der Waals surface area contributed by atoms with E-state index in [0.717, 1.165) is 12.8 Å². The van der Waals surface area contributed by atoms with Gasteiger partial charge < -0.3 is 5.11 Å². The monoisotopic (exact) mass is 297 g/mol. The zero-order valence-corrected chi connectivity index (χ0v) is 13.0. The second-order valence-corrected chi connectivity index (χ2v) is 7.78. The molecular formula is C15H23NO3S. The van der Waals surface area contributed by atoms with Crippen LogP contribution < -0.4 is 4.72 Å². The average Bonchev–Trinajstić information content (AvgIpc) is 2.84. The molecule has 2 rings (SSSR count). The van der Waals surface area contributed by atoms with Crippen LogP contribution in [0.25, 0.3) is 0 Å². The molecule has 1 fully saturated rings. The van der Waals surface area contributed by atoms with E-state index in [1.165, 1.54) is 12.8 Å². The van der Waals surface area contributed by atoms with Crippen LogP contribution in [-0.2, 0) is 16.6 Å². The zero-order chi connectivity index (χ0) is 14.8. The molecule has 0 aliphatic heterocycles. The SMILES string of the molecule is Cc1c(CO)cccc1S(=O)(=O)NCC1(C)CCCC1. The van der Waals surface area contributed by atoms with Crippen molar-refractivity contribution in [3.8, 4) is 0 Å². The molecule has 5 heteroatoms. The molecule has 2 N–H and O–H groups in total. The molecule has 1 aromatic rings. The first-order chi connectivity index (χ1) is 9.38. The van der Waals surface area contributed by atoms with Crippen molar-refractivity contribution in [3.05, 3.63) is 29.3 Å². The Balaban J connectivity index is 2.18. The van der Waals surface area contributed by atoms with Gasteiger partial charge in [0.05, 0.1) is 11.5 Å². The molecule has 0 bridgehead atoms. The highest BCUT2D eigenvalue weighted by molar-refractivity contribution is 7.89. The third kappa shape index (κ3) is 3.22. The Kier molecular flexibility index (Phi) is 4.52. The van der Waals surface area contributed by atoms with Crippen LogP contribution in [0, 0.1) is 12.3 Å². The fourth-order valence-electron chi connectivity index (χ4n) is 2.87. The quantitative estimate of drug-likeness (QED) is 0.876. The van der Waals surface area contributed by atoms with Gasteiger partial charge in [0.1, 0.15) is 0 Å². The van der Waals surface area contributed by atoms with Crippen LogP contribution in [-0.4, -0.2) is 20.1 Å². The smallest absolute Gasteiger partial charge is 0.240 e. The lowest BCUT2D eigenvalue weighted by molar-refractivity contribution is 0.280. The van der Waals surface area contributed by atoms with Gasteiger partial charge in [-0.1, -0.05) is 31.9 Å². The molecule has 0 atom stereocenters. The van der Waals surface area contributed by atoms with Gasteiger partial charge in [-0.25, -0.2) is 13.1 Å². The Bertz CT molecular complexity index is 575. The van der Waals surface area contributed by atoms with Crippen LogP contribution in [0.15, 0.2) is 23.1 Å². The topological polar surface area (TPSA) is 66.4 Å². The highest BCUT2D eigenvalue weighted by Crippen LogP contribution is 2.37. The molecule has 1 aliphatic rings. The fourth-order valence-corrected chi connectivity index (χ4v) is 4.36. The van der Waals surface area contributed by atoms with Crippen LogP contribution in [0.4, 0.5) is 0 Å². The van der Waals surface area contributed by atoms with Crippen molar-refractivity contribution < 1.29 is 13.5 Å². The molecule has 0 unspecified atom stereocenters. The van der Waals surface area contributed by atoms with Gasteiger partial charge in [0.25, 0.3) is 0 Å². The van der Waals surface area contributed by atoms with E-state index in [1.807, 2.05) is 0 Å². The number of rotatable bonds is 5. The van der Waals surface area contributed by atoms with Crippen molar-refractivity contribution in [2.24, 2.45) is 5.41 Å². The van der Waals surface area contributed by atoms with Crippen molar-refractivity contribution >= 4 is 10.0 Å². The third-order valence-corrected chi connectivity index (χ3v) is 5.90. The molecule has 4 nitrogen and oxygen atoms in total. The molecule has 0 aromatic heterocycles. The van der Waals surface area contributed by atoms with E-state index in [1.54, 1.807) is 25.1 Å². The first kappa shape index (κ1) is 15.5. The highest BCUT2D eigenvalue weighted by atomic mass is 32.2. The molecule has 112 valence electrons. The molecule has 0 amide bonds. The van der Waals surface area contributed by atoms with Gasteiger partial charge in [-0.15, -0.1) is 0 Å². The van der Waals surface area contributed by atoms with E-state index in [9.17, 15) is 13.5 Å². The minimum absolute atomic E-state index is 0.0789. The first-order valence-electron chi connectivity index (χ1n) is 7.07. The summed E-state index contributed by atoms with van der Waals surface area (Å²) in [5.74, 6) is 0. The Hall–Kier alpha value is -0.910. The van der Waals surface area contributed by atoms with E-state index >= 15 is 0 Å². The minimum atomic E-state index is -3.51. The standard InChI is InChI=1S/C15H23NO3S/c1-12-13(10-17)6-5-7-14(12)20(18,19)16-11-15(2)8-3-4-9-15/h5-7,16-17H,3-4,8-11H2,1-2H3. The molecule has 20 heavy (non-hydrogen) atoms. The largest absolute Gasteiger partial charge is 0.392 e. The van der Waals surface area contributed by atoms with E-state index in [4.69, 9.17) is 0 Å². The van der Waals surface area contributed by atoms with Crippen molar-refractivity contribution in [2.75, 3.05) is 6.54 Å². The summed E-state index contributed by atoms with van der Waals surface area (Å²) in [7, 11) is -3.51. The highest BCUT2D eigenvalue weighted by Gasteiger charge is 2.30. The van der Waals surface area contributed by atoms with Gasteiger partial charge in [0.15, 0.2) is 0 Å². The summed E-state index contributed by atoms with van der Waals surface area (Å²) < 4.78 is 27.6. The summed E-state index contributed by atoms with van der Waals surface area (Å²) in [5.41, 5.74) is 1.36. The van der Waals surface area contributed by atoms with Crippen LogP contribution in [0.5, 0.6) is 0 Å². The lowest BCUT2D eigenvalue weighted by Crippen LogP contribution is -2.34. The summed E-state index contributed by atoms with van der Waals surface area (Å²) in [6.07, 6.45) is 4.50.